The highest BCUT2D eigenvalue weighted by atomic mass is 19.4. The van der Waals surface area contributed by atoms with Crippen LogP contribution in [0, 0.1) is 17.3 Å². The van der Waals surface area contributed by atoms with Gasteiger partial charge >= 0.3 is 6.18 Å². The fourth-order valence-electron chi connectivity index (χ4n) is 6.82. The Morgan fingerprint density at radius 1 is 1.25 bits per heavy atom. The molecule has 1 aliphatic carbocycles. The van der Waals surface area contributed by atoms with E-state index in [-0.39, 0.29) is 24.5 Å². The van der Waals surface area contributed by atoms with Crippen molar-refractivity contribution < 1.29 is 27.9 Å². The molecule has 0 bridgehead atoms. The number of carbonyl (C=O) groups excluding carboxylic acids is 1. The van der Waals surface area contributed by atoms with Crippen LogP contribution >= 0.6 is 0 Å². The minimum absolute atomic E-state index is 0.0522. The second kappa shape index (κ2) is 9.85. The van der Waals surface area contributed by atoms with E-state index in [0.29, 0.717) is 42.6 Å². The topological polar surface area (TPSA) is 77.9 Å². The molecule has 3 aliphatic heterocycles. The first kappa shape index (κ1) is 25.9. The van der Waals surface area contributed by atoms with E-state index in [1.54, 1.807) is 4.90 Å². The molecule has 200 valence electrons. The van der Waals surface area contributed by atoms with Crippen LogP contribution in [0.5, 0.6) is 0 Å². The van der Waals surface area contributed by atoms with Crippen LogP contribution in [0.3, 0.4) is 0 Å². The molecular weight excluding hydrogens is 473 g/mol. The lowest BCUT2D eigenvalue weighted by Crippen LogP contribution is -2.49. The summed E-state index contributed by atoms with van der Waals surface area (Å²) in [5, 5.41) is 9.69. The highest BCUT2D eigenvalue weighted by molar-refractivity contribution is 5.83. The predicted octanol–water partition coefficient (Wildman–Crippen LogP) is 3.50. The molecule has 0 radical (unpaired) electrons. The van der Waals surface area contributed by atoms with Gasteiger partial charge in [0.2, 0.25) is 5.91 Å². The molecule has 4 aliphatic rings. The summed E-state index contributed by atoms with van der Waals surface area (Å²) in [6, 6.07) is 1.50. The predicted molar refractivity (Wildman–Crippen MR) is 126 cm³/mol. The maximum absolute atomic E-state index is 14.0. The lowest BCUT2D eigenvalue weighted by molar-refractivity contribution is -0.146. The van der Waals surface area contributed by atoms with Crippen molar-refractivity contribution in [3.8, 4) is 0 Å². The molecule has 2 saturated heterocycles. The SMILES string of the molecule is CC(C)[C@]1(C(=O)N2CCc3ncc(C(F)(F)F)cc3C2)CC[C@@H](N2CCC(C3CC(O)NO3)CC2)C1. The van der Waals surface area contributed by atoms with Crippen LogP contribution in [-0.2, 0) is 28.8 Å². The summed E-state index contributed by atoms with van der Waals surface area (Å²) in [5.74, 6) is 0.651. The van der Waals surface area contributed by atoms with Crippen LogP contribution in [0.4, 0.5) is 13.2 Å². The zero-order valence-corrected chi connectivity index (χ0v) is 21.1. The molecule has 0 spiro atoms. The lowest BCUT2D eigenvalue weighted by Gasteiger charge is -2.41. The van der Waals surface area contributed by atoms with E-state index in [9.17, 15) is 23.1 Å². The number of nitrogens with zero attached hydrogens (tertiary/aromatic N) is 3. The molecule has 10 heteroatoms. The number of pyridine rings is 1. The molecule has 1 aromatic heterocycles. The number of piperidine rings is 1. The molecule has 7 nitrogen and oxygen atoms in total. The van der Waals surface area contributed by atoms with Crippen molar-refractivity contribution in [3.05, 3.63) is 29.1 Å². The van der Waals surface area contributed by atoms with E-state index in [2.05, 4.69) is 29.2 Å². The Morgan fingerprint density at radius 3 is 2.64 bits per heavy atom. The number of nitrogens with one attached hydrogen (secondary N) is 1. The second-order valence-corrected chi connectivity index (χ2v) is 11.4. The summed E-state index contributed by atoms with van der Waals surface area (Å²) < 4.78 is 39.7. The molecule has 1 aromatic rings. The van der Waals surface area contributed by atoms with Crippen LogP contribution in [0.1, 0.15) is 69.2 Å². The summed E-state index contributed by atoms with van der Waals surface area (Å²) in [6.45, 7) is 6.80. The van der Waals surface area contributed by atoms with Gasteiger partial charge in [-0.25, -0.2) is 0 Å². The van der Waals surface area contributed by atoms with Gasteiger partial charge in [0.15, 0.2) is 0 Å². The summed E-state index contributed by atoms with van der Waals surface area (Å²) in [6.07, 6.45) is 1.60. The monoisotopic (exact) mass is 510 g/mol. The van der Waals surface area contributed by atoms with Crippen molar-refractivity contribution in [2.75, 3.05) is 19.6 Å². The van der Waals surface area contributed by atoms with Gasteiger partial charge in [0.05, 0.1) is 17.1 Å². The van der Waals surface area contributed by atoms with E-state index in [4.69, 9.17) is 4.84 Å². The summed E-state index contributed by atoms with van der Waals surface area (Å²) in [4.78, 5) is 27.8. The molecule has 0 aromatic carbocycles. The Hall–Kier alpha value is -1.75. The number of amides is 1. The molecule has 36 heavy (non-hydrogen) atoms. The minimum Gasteiger partial charge on any atom is -0.376 e. The first-order valence-corrected chi connectivity index (χ1v) is 13.2. The number of fused-ring (bicyclic) bond motifs is 1. The normalized spacial score (nSPS) is 32.3. The number of rotatable bonds is 4. The Morgan fingerprint density at radius 2 is 2.00 bits per heavy atom. The molecule has 2 N–H and O–H groups in total. The van der Waals surface area contributed by atoms with E-state index in [1.165, 1.54) is 0 Å². The number of alkyl halides is 3. The second-order valence-electron chi connectivity index (χ2n) is 11.4. The standard InChI is InChI=1S/C26H37F3N4O3/c1-16(2)25(24(35)33-10-6-21-18(15-33)11-19(14-30-21)26(27,28)29)7-3-20(13-25)32-8-4-17(5-9-32)22-12-23(34)31-36-22/h11,14,16-17,20,22-23,31,34H,3-10,12-13,15H2,1-2H3/t20-,22?,23?,25+/m1/s1. The molecule has 4 atom stereocenters. The maximum Gasteiger partial charge on any atom is 0.417 e. The summed E-state index contributed by atoms with van der Waals surface area (Å²) in [7, 11) is 0. The van der Waals surface area contributed by atoms with Gasteiger partial charge in [-0.2, -0.15) is 18.7 Å². The van der Waals surface area contributed by atoms with Crippen molar-refractivity contribution in [3.63, 3.8) is 0 Å². The van der Waals surface area contributed by atoms with Gasteiger partial charge in [-0.15, -0.1) is 0 Å². The van der Waals surface area contributed by atoms with Crippen molar-refractivity contribution >= 4 is 5.91 Å². The summed E-state index contributed by atoms with van der Waals surface area (Å²) >= 11 is 0. The molecule has 1 saturated carbocycles. The van der Waals surface area contributed by atoms with Gasteiger partial charge in [-0.1, -0.05) is 13.8 Å². The number of halogens is 3. The number of carbonyl (C=O) groups is 1. The van der Waals surface area contributed by atoms with Gasteiger partial charge in [0.1, 0.15) is 6.23 Å². The Balaban J connectivity index is 1.24. The van der Waals surface area contributed by atoms with Crippen molar-refractivity contribution in [2.24, 2.45) is 17.3 Å². The fourth-order valence-corrected chi connectivity index (χ4v) is 6.82. The summed E-state index contributed by atoms with van der Waals surface area (Å²) in [5.41, 5.74) is 2.58. The number of hydroxylamine groups is 1. The zero-order chi connectivity index (χ0) is 25.7. The fraction of sp³-hybridized carbons (Fsp3) is 0.769. The quantitative estimate of drug-likeness (QED) is 0.646. The van der Waals surface area contributed by atoms with Crippen molar-refractivity contribution in [1.29, 1.82) is 0 Å². The van der Waals surface area contributed by atoms with E-state index in [1.807, 2.05) is 0 Å². The number of hydrogen-bond acceptors (Lipinski definition) is 6. The average molecular weight is 511 g/mol. The smallest absolute Gasteiger partial charge is 0.376 e. The molecule has 3 fully saturated rings. The van der Waals surface area contributed by atoms with Gasteiger partial charge in [0.25, 0.3) is 0 Å². The van der Waals surface area contributed by atoms with E-state index in [0.717, 1.165) is 57.5 Å². The Kier molecular flexibility index (Phi) is 7.08. The van der Waals surface area contributed by atoms with Crippen LogP contribution < -0.4 is 5.48 Å². The molecule has 2 unspecified atom stereocenters. The molecule has 1 amide bonds. The Bertz CT molecular complexity index is 966. The first-order valence-electron chi connectivity index (χ1n) is 13.2. The minimum atomic E-state index is -4.44. The van der Waals surface area contributed by atoms with E-state index >= 15 is 0 Å². The lowest BCUT2D eigenvalue weighted by atomic mass is 9.73. The molecule has 4 heterocycles. The maximum atomic E-state index is 14.0. The highest BCUT2D eigenvalue weighted by Gasteiger charge is 2.51. The van der Waals surface area contributed by atoms with Crippen LogP contribution in [-0.4, -0.2) is 63.8 Å². The van der Waals surface area contributed by atoms with Crippen LogP contribution in [0.2, 0.25) is 0 Å². The number of likely N-dealkylation sites (tertiary alicyclic amines) is 1. The van der Waals surface area contributed by atoms with E-state index < -0.39 is 23.4 Å². The van der Waals surface area contributed by atoms with Gasteiger partial charge < -0.3 is 14.9 Å². The molecule has 5 rings (SSSR count). The van der Waals surface area contributed by atoms with Gasteiger partial charge in [-0.05, 0) is 68.7 Å². The number of aromatic nitrogens is 1. The van der Waals surface area contributed by atoms with Crippen molar-refractivity contribution in [2.45, 2.75) is 89.9 Å². The number of hydrogen-bond donors (Lipinski definition) is 2. The average Bonchev–Trinajstić information content (AvgIpc) is 3.50. The van der Waals surface area contributed by atoms with Gasteiger partial charge in [-0.3, -0.25) is 14.6 Å². The largest absolute Gasteiger partial charge is 0.417 e. The zero-order valence-electron chi connectivity index (χ0n) is 21.1. The van der Waals surface area contributed by atoms with Crippen LogP contribution in [0.15, 0.2) is 12.3 Å². The highest BCUT2D eigenvalue weighted by Crippen LogP contribution is 2.48. The third kappa shape index (κ3) is 4.89. The third-order valence-electron chi connectivity index (χ3n) is 9.14. The number of aliphatic hydroxyl groups is 1. The number of aliphatic hydroxyl groups excluding tert-OH is 1. The molecular formula is C26H37F3N4O3. The van der Waals surface area contributed by atoms with Gasteiger partial charge in [0, 0.05) is 43.9 Å². The Labute approximate surface area is 210 Å². The third-order valence-corrected chi connectivity index (χ3v) is 9.14. The first-order chi connectivity index (χ1) is 17.1. The van der Waals surface area contributed by atoms with Crippen molar-refractivity contribution in [1.82, 2.24) is 20.3 Å². The van der Waals surface area contributed by atoms with Crippen LogP contribution in [0.25, 0.3) is 0 Å².